The molecule has 89 heavy (non-hydrogen) atoms. The second kappa shape index (κ2) is 22.2. The van der Waals surface area contributed by atoms with E-state index < -0.39 is 0 Å². The first-order chi connectivity index (χ1) is 41.0. The van der Waals surface area contributed by atoms with Crippen molar-refractivity contribution >= 4 is 43.6 Å². The van der Waals surface area contributed by atoms with Crippen molar-refractivity contribution in [2.45, 2.75) is 212 Å². The summed E-state index contributed by atoms with van der Waals surface area (Å²) >= 11 is 0. The molecule has 0 radical (unpaired) electrons. The van der Waals surface area contributed by atoms with Crippen LogP contribution in [0.15, 0.2) is 133 Å². The molecule has 0 fully saturated rings. The molecule has 0 bridgehead atoms. The highest BCUT2D eigenvalue weighted by molar-refractivity contribution is 6.11. The van der Waals surface area contributed by atoms with Crippen LogP contribution in [0.1, 0.15) is 210 Å². The SMILES string of the molecule is Cc1ccc(OCOc2ccc(C)cc2-c2cc(C(C)(C)CC(C)(C)C)cc(-n3c4ccc(C(C)(C)C)cc4c4cc(C(C)(C)C)ccc43)c2O)c(-c2cc(C(C)(C)CC(C)(C)C)cc(-n3c4ccc(C(C)(C)C)cc4c4cc(C(C)(C)C)ccc43)c2O)c1. The molecular weight excluding hydrogens is 1090 g/mol. The van der Waals surface area contributed by atoms with Crippen LogP contribution in [0.25, 0.3) is 77.2 Å². The van der Waals surface area contributed by atoms with Crippen LogP contribution in [0.2, 0.25) is 0 Å². The zero-order chi connectivity index (χ0) is 65.3. The van der Waals surface area contributed by atoms with Crippen LogP contribution in [-0.2, 0) is 32.5 Å². The minimum Gasteiger partial charge on any atom is -0.505 e. The standard InChI is InChI=1S/C83H102N2O4/c1-50-25-35-72(62(37-50)64-43-56(82(21,22)47-76(3,4)5)45-70(74(64)86)84-66-31-27-52(78(9,10)11)39-58(66)59-40-53(79(12,13)14)28-32-67(59)84)88-49-89-73-36-26-51(2)38-63(73)65-44-57(83(23,24)48-77(6,7)8)46-71(75(65)87)85-68-33-29-54(80(15,16)17)41-60(68)61-42-55(81(18,19)20)30-34-69(61)85/h25-46,86-87H,47-49H2,1-24H3. The molecule has 468 valence electrons. The first-order valence-corrected chi connectivity index (χ1v) is 32.4. The van der Waals surface area contributed by atoms with E-state index in [2.05, 4.69) is 297 Å². The normalized spacial score (nSPS) is 13.4. The molecule has 6 heteroatoms. The Morgan fingerprint density at radius 2 is 0.596 bits per heavy atom. The molecule has 10 aromatic rings. The van der Waals surface area contributed by atoms with E-state index in [-0.39, 0.29) is 61.6 Å². The second-order valence-electron chi connectivity index (χ2n) is 34.0. The van der Waals surface area contributed by atoms with E-state index >= 15 is 0 Å². The highest BCUT2D eigenvalue weighted by Crippen LogP contribution is 2.51. The first kappa shape index (κ1) is 64.5. The molecule has 0 atom stereocenters. The predicted octanol–water partition coefficient (Wildman–Crippen LogP) is 23.3. The third-order valence-electron chi connectivity index (χ3n) is 18.4. The Bertz CT molecular complexity index is 3950. The van der Waals surface area contributed by atoms with Crippen molar-refractivity contribution in [2.75, 3.05) is 6.79 Å². The molecule has 8 aromatic carbocycles. The number of benzene rings is 8. The zero-order valence-electron chi connectivity index (χ0n) is 58.4. The summed E-state index contributed by atoms with van der Waals surface area (Å²) in [6.45, 7) is 54.4. The summed E-state index contributed by atoms with van der Waals surface area (Å²) in [5, 5.41) is 31.2. The van der Waals surface area contributed by atoms with Crippen molar-refractivity contribution in [3.8, 4) is 56.6 Å². The number of nitrogens with zero attached hydrogens (tertiary/aromatic N) is 2. The quantitative estimate of drug-likeness (QED) is 0.120. The number of hydrogen-bond donors (Lipinski definition) is 2. The molecule has 0 amide bonds. The number of aromatic hydroxyl groups is 2. The second-order valence-corrected chi connectivity index (χ2v) is 34.0. The fourth-order valence-corrected chi connectivity index (χ4v) is 14.2. The topological polar surface area (TPSA) is 68.8 Å². The van der Waals surface area contributed by atoms with Gasteiger partial charge in [-0.05, 0) is 200 Å². The summed E-state index contributed by atoms with van der Waals surface area (Å²) < 4.78 is 18.4. The van der Waals surface area contributed by atoms with Gasteiger partial charge in [0.05, 0.1) is 33.4 Å². The lowest BCUT2D eigenvalue weighted by atomic mass is 9.71. The van der Waals surface area contributed by atoms with Crippen LogP contribution in [0.5, 0.6) is 23.0 Å². The molecule has 10 rings (SSSR count). The molecule has 2 N–H and O–H groups in total. The van der Waals surface area contributed by atoms with Crippen molar-refractivity contribution in [3.05, 3.63) is 178 Å². The zero-order valence-corrected chi connectivity index (χ0v) is 58.4. The minimum atomic E-state index is -0.291. The number of rotatable bonds is 12. The van der Waals surface area contributed by atoms with E-state index in [4.69, 9.17) is 9.47 Å². The van der Waals surface area contributed by atoms with E-state index in [1.54, 1.807) is 0 Å². The molecule has 0 spiro atoms. The third-order valence-corrected chi connectivity index (χ3v) is 18.4. The van der Waals surface area contributed by atoms with Crippen LogP contribution >= 0.6 is 0 Å². The number of hydrogen-bond acceptors (Lipinski definition) is 4. The average Bonchev–Trinajstić information content (AvgIpc) is 1.62. The van der Waals surface area contributed by atoms with Gasteiger partial charge < -0.3 is 28.8 Å². The van der Waals surface area contributed by atoms with Gasteiger partial charge in [-0.25, -0.2) is 0 Å². The maximum absolute atomic E-state index is 13.3. The maximum atomic E-state index is 13.3. The van der Waals surface area contributed by atoms with E-state index in [9.17, 15) is 10.2 Å². The first-order valence-electron chi connectivity index (χ1n) is 32.4. The number of ether oxygens (including phenoxy) is 2. The summed E-state index contributed by atoms with van der Waals surface area (Å²) in [5.41, 5.74) is 17.0. The largest absolute Gasteiger partial charge is 0.505 e. The van der Waals surface area contributed by atoms with E-state index in [0.29, 0.717) is 22.6 Å². The Hall–Kier alpha value is -7.44. The fraction of sp³-hybridized carbons (Fsp3) is 0.422. The van der Waals surface area contributed by atoms with Gasteiger partial charge in [0.1, 0.15) is 23.0 Å². The lowest BCUT2D eigenvalue weighted by molar-refractivity contribution is 0.121. The van der Waals surface area contributed by atoms with Crippen molar-refractivity contribution in [1.82, 2.24) is 9.13 Å². The minimum absolute atomic E-state index is 0.0192. The number of fused-ring (bicyclic) bond motifs is 6. The van der Waals surface area contributed by atoms with Crippen LogP contribution in [0.4, 0.5) is 0 Å². The summed E-state index contributed by atoms with van der Waals surface area (Å²) in [6.07, 6.45) is 1.82. The van der Waals surface area contributed by atoms with Gasteiger partial charge in [0.15, 0.2) is 0 Å². The van der Waals surface area contributed by atoms with Gasteiger partial charge in [-0.2, -0.15) is 0 Å². The lowest BCUT2D eigenvalue weighted by Crippen LogP contribution is -2.25. The van der Waals surface area contributed by atoms with Gasteiger partial charge in [0, 0.05) is 43.8 Å². The van der Waals surface area contributed by atoms with Gasteiger partial charge in [-0.1, -0.05) is 200 Å². The highest BCUT2D eigenvalue weighted by Gasteiger charge is 2.34. The van der Waals surface area contributed by atoms with E-state index in [1.165, 1.54) is 22.3 Å². The highest BCUT2D eigenvalue weighted by atomic mass is 16.7. The summed E-state index contributed by atoms with van der Waals surface area (Å²) in [6, 6.07) is 48.6. The Morgan fingerprint density at radius 1 is 0.315 bits per heavy atom. The smallest absolute Gasteiger partial charge is 0.230 e. The Morgan fingerprint density at radius 3 is 0.854 bits per heavy atom. The van der Waals surface area contributed by atoms with Crippen molar-refractivity contribution in [2.24, 2.45) is 10.8 Å². The van der Waals surface area contributed by atoms with E-state index in [0.717, 1.165) is 101 Å². The lowest BCUT2D eigenvalue weighted by Gasteiger charge is -2.34. The third kappa shape index (κ3) is 12.9. The number of phenols is 2. The molecular formula is C83H102N2O4. The molecule has 0 saturated heterocycles. The molecule has 0 aliphatic rings. The van der Waals surface area contributed by atoms with Crippen LogP contribution in [0.3, 0.4) is 0 Å². The maximum Gasteiger partial charge on any atom is 0.230 e. The summed E-state index contributed by atoms with van der Waals surface area (Å²) in [7, 11) is 0. The summed E-state index contributed by atoms with van der Waals surface area (Å²) in [4.78, 5) is 0. The van der Waals surface area contributed by atoms with Crippen LogP contribution < -0.4 is 9.47 Å². The number of phenolic OH excluding ortho intramolecular Hbond substituents is 2. The summed E-state index contributed by atoms with van der Waals surface area (Å²) in [5.74, 6) is 1.50. The van der Waals surface area contributed by atoms with Crippen molar-refractivity contribution in [3.63, 3.8) is 0 Å². The molecule has 0 saturated carbocycles. The monoisotopic (exact) mass is 1190 g/mol. The molecule has 2 aromatic heterocycles. The molecule has 0 unspecified atom stereocenters. The van der Waals surface area contributed by atoms with Crippen LogP contribution in [-0.4, -0.2) is 26.1 Å². The Labute approximate surface area is 533 Å². The van der Waals surface area contributed by atoms with Crippen molar-refractivity contribution < 1.29 is 19.7 Å². The van der Waals surface area contributed by atoms with Gasteiger partial charge in [-0.3, -0.25) is 0 Å². The molecule has 0 aliphatic heterocycles. The van der Waals surface area contributed by atoms with Crippen LogP contribution in [0, 0.1) is 24.7 Å². The number of aryl methyl sites for hydroxylation is 2. The Kier molecular flexibility index (Phi) is 16.1. The van der Waals surface area contributed by atoms with Gasteiger partial charge in [0.2, 0.25) is 6.79 Å². The molecule has 6 nitrogen and oxygen atoms in total. The average molecular weight is 1190 g/mol. The molecule has 2 heterocycles. The fourth-order valence-electron chi connectivity index (χ4n) is 14.2. The van der Waals surface area contributed by atoms with Gasteiger partial charge in [0.25, 0.3) is 0 Å². The molecule has 0 aliphatic carbocycles. The van der Waals surface area contributed by atoms with Gasteiger partial charge in [-0.15, -0.1) is 0 Å². The number of aromatic nitrogens is 2. The van der Waals surface area contributed by atoms with Crippen molar-refractivity contribution in [1.29, 1.82) is 0 Å². The Balaban J connectivity index is 1.12. The predicted molar refractivity (Wildman–Crippen MR) is 380 cm³/mol. The van der Waals surface area contributed by atoms with E-state index in [1.807, 2.05) is 12.1 Å². The van der Waals surface area contributed by atoms with Gasteiger partial charge >= 0.3 is 0 Å².